The van der Waals surface area contributed by atoms with Gasteiger partial charge in [-0.2, -0.15) is 0 Å². The van der Waals surface area contributed by atoms with Gasteiger partial charge in [-0.25, -0.2) is 9.79 Å². The molecule has 0 saturated carbocycles. The Bertz CT molecular complexity index is 1340. The normalized spacial score (nSPS) is 16.0. The lowest BCUT2D eigenvalue weighted by molar-refractivity contribution is -0.139. The second-order valence-electron chi connectivity index (χ2n) is 6.82. The smallest absolute Gasteiger partial charge is 0.338 e. The van der Waals surface area contributed by atoms with Crippen molar-refractivity contribution in [1.82, 2.24) is 9.55 Å². The predicted molar refractivity (Wildman–Crippen MR) is 118 cm³/mol. The highest BCUT2D eigenvalue weighted by Crippen LogP contribution is 2.35. The Morgan fingerprint density at radius 3 is 2.68 bits per heavy atom. The van der Waals surface area contributed by atoms with Gasteiger partial charge in [0.15, 0.2) is 4.80 Å². The van der Waals surface area contributed by atoms with Crippen molar-refractivity contribution in [3.63, 3.8) is 0 Å². The third kappa shape index (κ3) is 3.82. The van der Waals surface area contributed by atoms with Crippen LogP contribution in [-0.4, -0.2) is 29.2 Å². The van der Waals surface area contributed by atoms with E-state index in [1.807, 2.05) is 30.3 Å². The molecule has 1 aliphatic heterocycles. The molecular weight excluding hydrogens is 414 g/mol. The summed E-state index contributed by atoms with van der Waals surface area (Å²) in [6.45, 7) is 3.73. The van der Waals surface area contributed by atoms with Crippen LogP contribution in [0.4, 0.5) is 0 Å². The minimum absolute atomic E-state index is 0.223. The Morgan fingerprint density at radius 1 is 1.23 bits per heavy atom. The fourth-order valence-corrected chi connectivity index (χ4v) is 4.64. The Morgan fingerprint density at radius 2 is 1.97 bits per heavy atom. The number of pyridine rings is 1. The molecule has 1 aliphatic rings. The average molecular weight is 436 g/mol. The van der Waals surface area contributed by atoms with Gasteiger partial charge in [-0.1, -0.05) is 29.5 Å². The van der Waals surface area contributed by atoms with Crippen LogP contribution in [0.2, 0.25) is 0 Å². The zero-order valence-electron chi connectivity index (χ0n) is 17.4. The number of hydrogen-bond acceptors (Lipinski definition) is 7. The Kier molecular flexibility index (Phi) is 5.81. The second kappa shape index (κ2) is 8.69. The van der Waals surface area contributed by atoms with E-state index in [0.29, 0.717) is 31.9 Å². The SMILES string of the molecule is CCOC(=O)C1=C(C)N=c2s/c(=C\c3ccncc3)c(=O)n2[C@H]1c1ccccc1OC. The third-order valence-electron chi connectivity index (χ3n) is 4.95. The van der Waals surface area contributed by atoms with E-state index in [9.17, 15) is 9.59 Å². The van der Waals surface area contributed by atoms with E-state index < -0.39 is 12.0 Å². The molecule has 0 saturated heterocycles. The third-order valence-corrected chi connectivity index (χ3v) is 5.94. The summed E-state index contributed by atoms with van der Waals surface area (Å²) in [4.78, 5) is 35.5. The summed E-state index contributed by atoms with van der Waals surface area (Å²) in [5.74, 6) is 0.0794. The predicted octanol–water partition coefficient (Wildman–Crippen LogP) is 2.20. The molecule has 4 rings (SSSR count). The second-order valence-corrected chi connectivity index (χ2v) is 7.83. The van der Waals surface area contributed by atoms with E-state index in [0.717, 1.165) is 5.56 Å². The first-order valence-electron chi connectivity index (χ1n) is 9.77. The van der Waals surface area contributed by atoms with Gasteiger partial charge in [0, 0.05) is 18.0 Å². The van der Waals surface area contributed by atoms with Crippen LogP contribution in [0, 0.1) is 0 Å². The molecule has 0 amide bonds. The standard InChI is InChI=1S/C23H21N3O4S/c1-4-30-22(28)19-14(2)25-23-26(20(19)16-7-5-6-8-17(16)29-3)21(27)18(31-23)13-15-9-11-24-12-10-15/h5-13,20H,4H2,1-3H3/b18-13-/t20-/m0/s1. The van der Waals surface area contributed by atoms with E-state index in [1.54, 1.807) is 50.1 Å². The number of rotatable bonds is 5. The quantitative estimate of drug-likeness (QED) is 0.574. The number of esters is 1. The molecule has 0 unspecified atom stereocenters. The summed E-state index contributed by atoms with van der Waals surface area (Å²) in [6.07, 6.45) is 5.14. The van der Waals surface area contributed by atoms with Crippen molar-refractivity contribution >= 4 is 23.4 Å². The molecule has 8 heteroatoms. The van der Waals surface area contributed by atoms with Gasteiger partial charge in [0.25, 0.3) is 5.56 Å². The number of hydrogen-bond donors (Lipinski definition) is 0. The van der Waals surface area contributed by atoms with Gasteiger partial charge in [-0.3, -0.25) is 14.3 Å². The zero-order valence-corrected chi connectivity index (χ0v) is 18.2. The molecule has 31 heavy (non-hydrogen) atoms. The van der Waals surface area contributed by atoms with Gasteiger partial charge in [-0.05, 0) is 43.7 Å². The summed E-state index contributed by atoms with van der Waals surface area (Å²) >= 11 is 1.28. The van der Waals surface area contributed by atoms with Gasteiger partial charge in [0.1, 0.15) is 11.8 Å². The van der Waals surface area contributed by atoms with Crippen LogP contribution < -0.4 is 19.6 Å². The number of fused-ring (bicyclic) bond motifs is 1. The molecule has 3 heterocycles. The van der Waals surface area contributed by atoms with E-state index >= 15 is 0 Å². The van der Waals surface area contributed by atoms with E-state index in [1.165, 1.54) is 11.3 Å². The molecule has 0 fully saturated rings. The molecule has 1 atom stereocenters. The van der Waals surface area contributed by atoms with Crippen molar-refractivity contribution in [3.8, 4) is 5.75 Å². The van der Waals surface area contributed by atoms with Gasteiger partial charge >= 0.3 is 5.97 Å². The van der Waals surface area contributed by atoms with Crippen molar-refractivity contribution in [2.24, 2.45) is 4.99 Å². The first kappa shape index (κ1) is 20.7. The van der Waals surface area contributed by atoms with Crippen molar-refractivity contribution in [3.05, 3.63) is 90.9 Å². The highest BCUT2D eigenvalue weighted by Gasteiger charge is 2.34. The minimum atomic E-state index is -0.703. The number of carbonyl (C=O) groups is 1. The minimum Gasteiger partial charge on any atom is -0.496 e. The van der Waals surface area contributed by atoms with Gasteiger partial charge in [0.2, 0.25) is 0 Å². The number of para-hydroxylation sites is 1. The fraction of sp³-hybridized carbons (Fsp3) is 0.217. The van der Waals surface area contributed by atoms with Gasteiger partial charge in [0.05, 0.1) is 29.5 Å². The summed E-state index contributed by atoms with van der Waals surface area (Å²) in [5.41, 5.74) is 2.17. The molecule has 0 bridgehead atoms. The number of allylic oxidation sites excluding steroid dienone is 1. The fourth-order valence-electron chi connectivity index (χ4n) is 3.59. The van der Waals surface area contributed by atoms with E-state index in [4.69, 9.17) is 9.47 Å². The highest BCUT2D eigenvalue weighted by atomic mass is 32.1. The number of benzene rings is 1. The van der Waals surface area contributed by atoms with E-state index in [-0.39, 0.29) is 12.2 Å². The van der Waals surface area contributed by atoms with Gasteiger partial charge < -0.3 is 9.47 Å². The van der Waals surface area contributed by atoms with Crippen LogP contribution in [0.1, 0.15) is 31.0 Å². The van der Waals surface area contributed by atoms with Gasteiger partial charge in [-0.15, -0.1) is 0 Å². The van der Waals surface area contributed by atoms with E-state index in [2.05, 4.69) is 9.98 Å². The summed E-state index contributed by atoms with van der Waals surface area (Å²) in [6, 6.07) is 10.3. The Hall–Kier alpha value is -3.52. The summed E-state index contributed by atoms with van der Waals surface area (Å²) < 4.78 is 12.9. The van der Waals surface area contributed by atoms with Crippen LogP contribution >= 0.6 is 11.3 Å². The van der Waals surface area contributed by atoms with Crippen molar-refractivity contribution in [2.75, 3.05) is 13.7 Å². The molecule has 7 nitrogen and oxygen atoms in total. The van der Waals surface area contributed by atoms with Crippen LogP contribution in [-0.2, 0) is 9.53 Å². The molecule has 0 radical (unpaired) electrons. The maximum absolute atomic E-state index is 13.5. The number of nitrogens with zero attached hydrogens (tertiary/aromatic N) is 3. The molecule has 0 N–H and O–H groups in total. The lowest BCUT2D eigenvalue weighted by Crippen LogP contribution is -2.40. The molecule has 0 aliphatic carbocycles. The molecule has 1 aromatic carbocycles. The topological polar surface area (TPSA) is 82.8 Å². The molecule has 2 aromatic heterocycles. The van der Waals surface area contributed by atoms with Crippen LogP contribution in [0.25, 0.3) is 6.08 Å². The summed E-state index contributed by atoms with van der Waals surface area (Å²) in [5, 5.41) is 0. The molecule has 0 spiro atoms. The van der Waals surface area contributed by atoms with Crippen molar-refractivity contribution in [1.29, 1.82) is 0 Å². The Balaban J connectivity index is 2.00. The number of aromatic nitrogens is 2. The lowest BCUT2D eigenvalue weighted by Gasteiger charge is -2.25. The molecular formula is C23H21N3O4S. The molecule has 158 valence electrons. The highest BCUT2D eigenvalue weighted by molar-refractivity contribution is 7.07. The van der Waals surface area contributed by atoms with Crippen molar-refractivity contribution in [2.45, 2.75) is 19.9 Å². The number of thiazole rings is 1. The van der Waals surface area contributed by atoms with Crippen LogP contribution in [0.15, 0.2) is 69.8 Å². The zero-order chi connectivity index (χ0) is 22.0. The number of ether oxygens (including phenoxy) is 2. The Labute approximate surface area is 182 Å². The number of carbonyl (C=O) groups excluding carboxylic acids is 1. The first-order valence-corrected chi connectivity index (χ1v) is 10.6. The first-order chi connectivity index (χ1) is 15.0. The summed E-state index contributed by atoms with van der Waals surface area (Å²) in [7, 11) is 1.56. The lowest BCUT2D eigenvalue weighted by atomic mass is 9.95. The monoisotopic (exact) mass is 435 g/mol. The maximum Gasteiger partial charge on any atom is 0.338 e. The maximum atomic E-state index is 13.5. The largest absolute Gasteiger partial charge is 0.496 e. The van der Waals surface area contributed by atoms with Crippen LogP contribution in [0.3, 0.4) is 0 Å². The average Bonchev–Trinajstić information content (AvgIpc) is 3.08. The number of methoxy groups -OCH3 is 1. The van der Waals surface area contributed by atoms with Crippen molar-refractivity contribution < 1.29 is 14.3 Å². The molecule has 3 aromatic rings. The van der Waals surface area contributed by atoms with Crippen LogP contribution in [0.5, 0.6) is 5.75 Å².